The van der Waals surface area contributed by atoms with E-state index in [1.165, 1.54) is 36.4 Å². The third-order valence-electron chi connectivity index (χ3n) is 5.86. The molecule has 226 valence electrons. The molecule has 0 aliphatic rings. The highest BCUT2D eigenvalue weighted by Crippen LogP contribution is 2.74. The molecule has 0 atom stereocenters. The van der Waals surface area contributed by atoms with E-state index in [0.717, 1.165) is 42.8 Å². The van der Waals surface area contributed by atoms with Crippen molar-refractivity contribution in [3.63, 3.8) is 0 Å². The Morgan fingerprint density at radius 1 is 0.634 bits per heavy atom. The Morgan fingerprint density at radius 2 is 0.976 bits per heavy atom. The zero-order valence-corrected chi connectivity index (χ0v) is 24.5. The topological polar surface area (TPSA) is 80.8 Å². The van der Waals surface area contributed by atoms with Gasteiger partial charge in [0, 0.05) is 14.7 Å². The maximum absolute atomic E-state index is 14.2. The fourth-order valence-corrected chi connectivity index (χ4v) is 13.0. The lowest BCUT2D eigenvalue weighted by Gasteiger charge is -2.47. The molecule has 0 N–H and O–H groups in total. The van der Waals surface area contributed by atoms with Gasteiger partial charge in [-0.15, -0.1) is 0 Å². The second kappa shape index (κ2) is 11.9. The van der Waals surface area contributed by atoms with Gasteiger partial charge in [-0.2, -0.15) is 26.3 Å². The smallest absolute Gasteiger partial charge is 0.494 e. The van der Waals surface area contributed by atoms with Gasteiger partial charge in [0.15, 0.2) is 0 Å². The number of nitrogens with zero attached hydrogens (tertiary/aromatic N) is 1. The van der Waals surface area contributed by atoms with E-state index in [9.17, 15) is 43.2 Å². The number of aryl methyl sites for hydroxylation is 2. The average molecular weight is 644 g/mol. The molecular formula is C26H27F6NO5S3. The molecule has 0 bridgehead atoms. The summed E-state index contributed by atoms with van der Waals surface area (Å²) in [6.07, 6.45) is 1.44. The van der Waals surface area contributed by atoms with Crippen LogP contribution in [0.4, 0.5) is 26.3 Å². The molecule has 15 heteroatoms. The van der Waals surface area contributed by atoms with Gasteiger partial charge in [0.1, 0.15) is 5.75 Å². The molecule has 0 saturated carbocycles. The van der Waals surface area contributed by atoms with Crippen LogP contribution in [-0.4, -0.2) is 37.6 Å². The molecule has 0 aromatic heterocycles. The molecule has 0 unspecified atom stereocenters. The number of rotatable bonds is 10. The van der Waals surface area contributed by atoms with Crippen LogP contribution >= 0.6 is 10.2 Å². The molecule has 0 heterocycles. The number of hydrogen-bond acceptors (Lipinski definition) is 5. The molecule has 0 fully saturated rings. The first-order valence-electron chi connectivity index (χ1n) is 12.0. The molecule has 0 spiro atoms. The van der Waals surface area contributed by atoms with E-state index in [1.807, 2.05) is 6.92 Å². The molecule has 3 aromatic carbocycles. The van der Waals surface area contributed by atoms with E-state index in [4.69, 9.17) is 4.74 Å². The van der Waals surface area contributed by atoms with Crippen LogP contribution in [-0.2, 0) is 20.0 Å². The Bertz CT molecular complexity index is 1460. The number of ether oxygens (including phenoxy) is 1. The Labute approximate surface area is 236 Å². The standard InChI is InChI=1S/C26H27F6NO5S3/c1-4-5-18-38-21-10-16-24(17-11-21)39(22-12-6-19(2)7-13-22,23-14-8-20(3)9-15-23)33(40(34,35)25(27,28)29)41(36,37)26(30,31)32/h6-17H,4-5,18H2,1-3H3. The third-order valence-corrected chi connectivity index (χ3v) is 14.8. The number of benzene rings is 3. The minimum atomic E-state index is -7.20. The number of unbranched alkanes of at least 4 members (excludes halogenated alkanes) is 1. The zero-order valence-electron chi connectivity index (χ0n) is 22.0. The fourth-order valence-electron chi connectivity index (χ4n) is 3.80. The lowest BCUT2D eigenvalue weighted by molar-refractivity contribution is -0.0505. The Balaban J connectivity index is 2.60. The molecule has 41 heavy (non-hydrogen) atoms. The summed E-state index contributed by atoms with van der Waals surface area (Å²) in [5, 5.41) is 0. The molecule has 3 aromatic rings. The van der Waals surface area contributed by atoms with E-state index in [2.05, 4.69) is 0 Å². The SMILES string of the molecule is CCCCOc1ccc(S(c2ccc(C)cc2)(c2ccc(C)cc2)N(S(=O)(=O)C(F)(F)F)S(=O)(=O)C(F)(F)F)cc1. The summed E-state index contributed by atoms with van der Waals surface area (Å²) in [6, 6.07) is 14.5. The molecule has 0 saturated heterocycles. The molecule has 0 aliphatic heterocycles. The van der Waals surface area contributed by atoms with Crippen LogP contribution in [0.5, 0.6) is 5.75 Å². The van der Waals surface area contributed by atoms with Crippen LogP contribution in [0.2, 0.25) is 0 Å². The van der Waals surface area contributed by atoms with E-state index in [1.54, 1.807) is 13.8 Å². The monoisotopic (exact) mass is 643 g/mol. The first-order chi connectivity index (χ1) is 18.9. The van der Waals surface area contributed by atoms with Gasteiger partial charge < -0.3 is 4.74 Å². The lowest BCUT2D eigenvalue weighted by Crippen LogP contribution is -2.50. The van der Waals surface area contributed by atoms with Gasteiger partial charge in [0.25, 0.3) is 0 Å². The second-order valence-corrected chi connectivity index (χ2v) is 16.1. The molecule has 6 nitrogen and oxygen atoms in total. The third kappa shape index (κ3) is 6.22. The van der Waals surface area contributed by atoms with Crippen molar-refractivity contribution in [2.75, 3.05) is 6.61 Å². The van der Waals surface area contributed by atoms with E-state index < -0.39 is 59.1 Å². The Kier molecular flexibility index (Phi) is 9.47. The number of alkyl halides is 6. The highest BCUT2D eigenvalue weighted by molar-refractivity contribution is 8.41. The van der Waals surface area contributed by atoms with Crippen LogP contribution in [0.1, 0.15) is 30.9 Å². The second-order valence-electron chi connectivity index (χ2n) is 8.94. The number of hydrogen-bond donors (Lipinski definition) is 0. The molecule has 0 radical (unpaired) electrons. The fraction of sp³-hybridized carbons (Fsp3) is 0.308. The van der Waals surface area contributed by atoms with Crippen LogP contribution in [0.3, 0.4) is 0 Å². The van der Waals surface area contributed by atoms with E-state index >= 15 is 0 Å². The summed E-state index contributed by atoms with van der Waals surface area (Å²) >= 11 is 0. The predicted molar refractivity (Wildman–Crippen MR) is 143 cm³/mol. The summed E-state index contributed by atoms with van der Waals surface area (Å²) in [5.74, 6) is 0.201. The maximum atomic E-state index is 14.2. The molecule has 0 amide bonds. The summed E-state index contributed by atoms with van der Waals surface area (Å²) in [6.45, 7) is 5.35. The van der Waals surface area contributed by atoms with Gasteiger partial charge in [0.2, 0.25) is 0 Å². The van der Waals surface area contributed by atoms with Gasteiger partial charge in [-0.1, -0.05) is 59.0 Å². The van der Waals surface area contributed by atoms with Crippen LogP contribution < -0.4 is 4.74 Å². The van der Waals surface area contributed by atoms with Crippen molar-refractivity contribution in [2.24, 2.45) is 0 Å². The van der Waals surface area contributed by atoms with Crippen molar-refractivity contribution in [3.05, 3.63) is 83.9 Å². The minimum absolute atomic E-state index is 0.201. The van der Waals surface area contributed by atoms with E-state index in [-0.39, 0.29) is 12.4 Å². The van der Waals surface area contributed by atoms with Crippen molar-refractivity contribution in [3.8, 4) is 5.75 Å². The highest BCUT2D eigenvalue weighted by atomic mass is 32.4. The summed E-state index contributed by atoms with van der Waals surface area (Å²) < 4.78 is 142. The van der Waals surface area contributed by atoms with Crippen molar-refractivity contribution in [1.29, 1.82) is 0 Å². The Hall–Kier alpha value is -2.75. The predicted octanol–water partition coefficient (Wildman–Crippen LogP) is 7.68. The number of halogens is 6. The first kappa shape index (κ1) is 32.8. The largest absolute Gasteiger partial charge is 0.513 e. The van der Waals surface area contributed by atoms with Crippen LogP contribution in [0.15, 0.2) is 87.5 Å². The van der Waals surface area contributed by atoms with Crippen molar-refractivity contribution in [1.82, 2.24) is 3.12 Å². The summed E-state index contributed by atoms with van der Waals surface area (Å²) in [4.78, 5) is -1.21. The summed E-state index contributed by atoms with van der Waals surface area (Å²) in [5.41, 5.74) is -11.8. The van der Waals surface area contributed by atoms with Crippen LogP contribution in [0.25, 0.3) is 0 Å². The Morgan fingerprint density at radius 3 is 1.29 bits per heavy atom. The van der Waals surface area contributed by atoms with Crippen molar-refractivity contribution >= 4 is 30.3 Å². The number of sulfonamides is 2. The van der Waals surface area contributed by atoms with Gasteiger partial charge in [0.05, 0.1) is 6.61 Å². The lowest BCUT2D eigenvalue weighted by atomic mass is 10.2. The molecular weight excluding hydrogens is 616 g/mol. The van der Waals surface area contributed by atoms with E-state index in [0.29, 0.717) is 17.5 Å². The zero-order chi connectivity index (χ0) is 30.9. The normalized spacial score (nSPS) is 13.8. The molecule has 0 aliphatic carbocycles. The quantitative estimate of drug-likeness (QED) is 0.167. The highest BCUT2D eigenvalue weighted by Gasteiger charge is 2.67. The first-order valence-corrected chi connectivity index (χ1v) is 16.5. The van der Waals surface area contributed by atoms with Gasteiger partial charge in [-0.3, -0.25) is 0 Å². The minimum Gasteiger partial charge on any atom is -0.494 e. The average Bonchev–Trinajstić information content (AvgIpc) is 2.87. The molecule has 3 rings (SSSR count). The van der Waals surface area contributed by atoms with Crippen molar-refractivity contribution in [2.45, 2.75) is 59.3 Å². The van der Waals surface area contributed by atoms with Gasteiger partial charge in [-0.05, 0) is 71.9 Å². The van der Waals surface area contributed by atoms with Crippen LogP contribution in [0, 0.1) is 13.8 Å². The summed E-state index contributed by atoms with van der Waals surface area (Å²) in [7, 11) is -19.0. The van der Waals surface area contributed by atoms with Crippen molar-refractivity contribution < 1.29 is 47.9 Å². The maximum Gasteiger partial charge on any atom is 0.513 e. The van der Waals surface area contributed by atoms with Gasteiger partial charge in [-0.25, -0.2) is 16.8 Å². The van der Waals surface area contributed by atoms with Gasteiger partial charge >= 0.3 is 31.1 Å².